The molecule has 0 unspecified atom stereocenters. The van der Waals surface area contributed by atoms with E-state index in [0.717, 1.165) is 39.6 Å². The lowest BCUT2D eigenvalue weighted by molar-refractivity contribution is 0.0591. The van der Waals surface area contributed by atoms with Crippen LogP contribution in [0.15, 0.2) is 223 Å². The highest BCUT2D eigenvalue weighted by atomic mass is 79.9. The van der Waals surface area contributed by atoms with E-state index in [0.29, 0.717) is 33.4 Å². The third-order valence-electron chi connectivity index (χ3n) is 9.95. The topological polar surface area (TPSA) is 151 Å². The Morgan fingerprint density at radius 2 is 0.808 bits per heavy atom. The molecule has 8 aromatic carbocycles. The first kappa shape index (κ1) is 56.3. The van der Waals surface area contributed by atoms with Gasteiger partial charge < -0.3 is 9.47 Å². The molecule has 0 aliphatic rings. The molecule has 0 heterocycles. The summed E-state index contributed by atoms with van der Waals surface area (Å²) in [6.07, 6.45) is 6.74. The number of benzene rings is 8. The number of halogens is 1. The molecule has 0 atom stereocenters. The smallest absolute Gasteiger partial charge is 0.339 e. The van der Waals surface area contributed by atoms with Gasteiger partial charge in [0, 0.05) is 37.9 Å². The minimum atomic E-state index is -0.562. The Morgan fingerprint density at radius 3 is 1.27 bits per heavy atom. The third-order valence-corrected chi connectivity index (χ3v) is 10.6. The first-order valence-electron chi connectivity index (χ1n) is 22.4. The minimum absolute atomic E-state index is 0.322. The Hall–Kier alpha value is -9.28. The Bertz CT molecular complexity index is 3060. The van der Waals surface area contributed by atoms with Crippen molar-refractivity contribution in [2.24, 2.45) is 0 Å². The molecule has 0 saturated heterocycles. The first-order valence-corrected chi connectivity index (χ1v) is 23.2. The van der Waals surface area contributed by atoms with Crippen LogP contribution in [0.1, 0.15) is 80.4 Å². The van der Waals surface area contributed by atoms with Crippen molar-refractivity contribution in [2.75, 3.05) is 14.2 Å². The maximum absolute atomic E-state index is 11.6. The van der Waals surface area contributed by atoms with Gasteiger partial charge in [-0.2, -0.15) is 0 Å². The fraction of sp³-hybridized carbons (Fsp3) is 0.0645. The Labute approximate surface area is 434 Å². The molecule has 0 radical (unpaired) electrons. The number of esters is 2. The summed E-state index contributed by atoms with van der Waals surface area (Å²) in [5.74, 6) is 12.7. The Balaban J connectivity index is 0.000000203. The number of aryl methyl sites for hydroxylation is 2. The van der Waals surface area contributed by atoms with E-state index in [-0.39, 0.29) is 11.9 Å². The number of hydrogen-bond acceptors (Lipinski definition) is 8. The molecule has 0 saturated carbocycles. The van der Waals surface area contributed by atoms with Crippen molar-refractivity contribution in [1.82, 2.24) is 11.0 Å². The van der Waals surface area contributed by atoms with E-state index in [9.17, 15) is 19.2 Å². The lowest BCUT2D eigenvalue weighted by atomic mass is 9.99. The van der Waals surface area contributed by atoms with Crippen LogP contribution in [-0.4, -0.2) is 48.4 Å². The summed E-state index contributed by atoms with van der Waals surface area (Å²) in [4.78, 5) is 45.4. The Morgan fingerprint density at radius 1 is 0.438 bits per heavy atom. The van der Waals surface area contributed by atoms with Crippen LogP contribution in [-0.2, 0) is 22.3 Å². The zero-order chi connectivity index (χ0) is 52.5. The minimum Gasteiger partial charge on any atom is -0.465 e. The highest BCUT2D eigenvalue weighted by molar-refractivity contribution is 9.10. The van der Waals surface area contributed by atoms with E-state index in [4.69, 9.17) is 21.6 Å². The van der Waals surface area contributed by atoms with Gasteiger partial charge in [0.05, 0.1) is 30.9 Å². The predicted octanol–water partition coefficient (Wildman–Crippen LogP) is 11.6. The molecule has 8 rings (SSSR count). The number of carbonyl (C=O) groups excluding carboxylic acids is 4. The normalized spacial score (nSPS) is 9.26. The van der Waals surface area contributed by atoms with E-state index in [1.165, 1.54) is 19.8 Å². The summed E-state index contributed by atoms with van der Waals surface area (Å²) in [5.41, 5.74) is 11.4. The number of hydrogen-bond donors (Lipinski definition) is 4. The van der Waals surface area contributed by atoms with Gasteiger partial charge in [0.2, 0.25) is 0 Å². The molecular formula is C62H51BrN2O8. The molecule has 4 N–H and O–H groups in total. The van der Waals surface area contributed by atoms with Crippen LogP contribution in [0.5, 0.6) is 0 Å². The van der Waals surface area contributed by atoms with E-state index in [1.807, 2.05) is 140 Å². The number of hydroxylamine groups is 2. The molecule has 10 nitrogen and oxygen atoms in total. The Kier molecular flexibility index (Phi) is 25.1. The fourth-order valence-electron chi connectivity index (χ4n) is 6.27. The van der Waals surface area contributed by atoms with Crippen molar-refractivity contribution in [1.29, 1.82) is 0 Å². The van der Waals surface area contributed by atoms with E-state index >= 15 is 0 Å². The number of amides is 2. The molecule has 8 aromatic rings. The van der Waals surface area contributed by atoms with Crippen LogP contribution in [0.3, 0.4) is 0 Å². The van der Waals surface area contributed by atoms with Gasteiger partial charge in [0.1, 0.15) is 0 Å². The lowest BCUT2D eigenvalue weighted by Crippen LogP contribution is -2.20. The van der Waals surface area contributed by atoms with Crippen LogP contribution >= 0.6 is 15.9 Å². The van der Waals surface area contributed by atoms with Gasteiger partial charge in [-0.05, 0) is 119 Å². The van der Waals surface area contributed by atoms with Crippen molar-refractivity contribution in [3.05, 3.63) is 284 Å². The summed E-state index contributed by atoms with van der Waals surface area (Å²) < 4.78 is 10.0. The van der Waals surface area contributed by atoms with Crippen LogP contribution in [0.4, 0.5) is 0 Å². The molecule has 2 amide bonds. The molecule has 364 valence electrons. The van der Waals surface area contributed by atoms with Crippen molar-refractivity contribution in [3.63, 3.8) is 0 Å². The molecule has 0 bridgehead atoms. The zero-order valence-corrected chi connectivity index (χ0v) is 41.6. The summed E-state index contributed by atoms with van der Waals surface area (Å²) in [5, 5.41) is 17.3. The average molecular weight is 1030 g/mol. The number of rotatable bonds is 7. The van der Waals surface area contributed by atoms with Crippen molar-refractivity contribution in [2.45, 2.75) is 12.8 Å². The van der Waals surface area contributed by atoms with Gasteiger partial charge in [-0.1, -0.05) is 169 Å². The number of ether oxygens (including phenoxy) is 2. The molecule has 0 aliphatic heterocycles. The van der Waals surface area contributed by atoms with Gasteiger partial charge in [-0.15, -0.1) is 6.42 Å². The summed E-state index contributed by atoms with van der Waals surface area (Å²) in [7, 11) is 2.73. The molecule has 0 aliphatic carbocycles. The molecule has 73 heavy (non-hydrogen) atoms. The third kappa shape index (κ3) is 19.9. The number of methoxy groups -OCH3 is 2. The van der Waals surface area contributed by atoms with Crippen LogP contribution in [0.2, 0.25) is 0 Å². The van der Waals surface area contributed by atoms with Crippen molar-refractivity contribution < 1.29 is 39.1 Å². The number of carbonyl (C=O) groups is 4. The standard InChI is InChI=1S/C16H12O2.C15H15NO2.C15H11NO2.C8H7BrO2.C8H6/c1-18-16(17)15-10-6-5-9-14(15)12-11-13-7-3-2-4-8-13;2*17-15(16-18)14-9-5-4-8-13(14)11-10-12-6-2-1-3-7-12;1-11-8(10)6-4-2-3-5-7(6)9;1-2-8-6-4-3-5-7-8/h2-10H,1H3;1-9,18H,10-11H2,(H,16,17);1-9,18H,(H,16,17);2-5H,1H3;1,3-7H. The van der Waals surface area contributed by atoms with E-state index < -0.39 is 11.8 Å². The SMILES string of the molecule is C#Cc1ccccc1.COC(=O)c1ccccc1Br.COC(=O)c1ccccc1C#Cc1ccccc1.O=C(NO)c1ccccc1C#Cc1ccccc1.O=C(NO)c1ccccc1CCc1ccccc1. The van der Waals surface area contributed by atoms with Gasteiger partial charge in [-0.3, -0.25) is 20.0 Å². The zero-order valence-electron chi connectivity index (χ0n) is 40.0. The monoisotopic (exact) mass is 1030 g/mol. The summed E-state index contributed by atoms with van der Waals surface area (Å²) >= 11 is 3.24. The van der Waals surface area contributed by atoms with E-state index in [2.05, 4.69) is 62.4 Å². The quantitative estimate of drug-likeness (QED) is 0.0533. The second-order valence-electron chi connectivity index (χ2n) is 14.8. The summed E-state index contributed by atoms with van der Waals surface area (Å²) in [6, 6.07) is 67.3. The fourth-order valence-corrected chi connectivity index (χ4v) is 6.71. The van der Waals surface area contributed by atoms with Crippen molar-refractivity contribution >= 4 is 39.7 Å². The summed E-state index contributed by atoms with van der Waals surface area (Å²) in [6.45, 7) is 0. The predicted molar refractivity (Wildman–Crippen MR) is 288 cm³/mol. The molecule has 0 spiro atoms. The van der Waals surface area contributed by atoms with Crippen LogP contribution in [0.25, 0.3) is 0 Å². The second kappa shape index (κ2) is 32.5. The van der Waals surface area contributed by atoms with Gasteiger partial charge in [0.15, 0.2) is 0 Å². The lowest BCUT2D eigenvalue weighted by Gasteiger charge is -2.07. The largest absolute Gasteiger partial charge is 0.465 e. The van der Waals surface area contributed by atoms with Gasteiger partial charge in [0.25, 0.3) is 11.8 Å². The maximum atomic E-state index is 11.6. The number of terminal acetylenes is 1. The van der Waals surface area contributed by atoms with Crippen LogP contribution < -0.4 is 11.0 Å². The van der Waals surface area contributed by atoms with Crippen LogP contribution in [0, 0.1) is 36.0 Å². The molecule has 0 fully saturated rings. The van der Waals surface area contributed by atoms with Gasteiger partial charge >= 0.3 is 11.9 Å². The highest BCUT2D eigenvalue weighted by Gasteiger charge is 2.11. The van der Waals surface area contributed by atoms with Gasteiger partial charge in [-0.25, -0.2) is 20.5 Å². The first-order chi connectivity index (χ1) is 35.6. The maximum Gasteiger partial charge on any atom is 0.339 e. The molecule has 0 aromatic heterocycles. The van der Waals surface area contributed by atoms with Crippen molar-refractivity contribution in [3.8, 4) is 36.0 Å². The van der Waals surface area contributed by atoms with E-state index in [1.54, 1.807) is 77.7 Å². The highest BCUT2D eigenvalue weighted by Crippen LogP contribution is 2.17. The molecular weight excluding hydrogens is 981 g/mol. The second-order valence-corrected chi connectivity index (χ2v) is 15.7. The average Bonchev–Trinajstić information content (AvgIpc) is 3.46. The molecule has 11 heteroatoms. The number of nitrogens with one attached hydrogen (secondary N) is 2.